The third-order valence-electron chi connectivity index (χ3n) is 4.09. The summed E-state index contributed by atoms with van der Waals surface area (Å²) in [6.45, 7) is 4.01. The minimum Gasteiger partial charge on any atom is -0.493 e. The van der Waals surface area contributed by atoms with Crippen molar-refractivity contribution < 1.29 is 23.9 Å². The summed E-state index contributed by atoms with van der Waals surface area (Å²) in [4.78, 5) is 35.2. The normalized spacial score (nSPS) is 10.4. The fourth-order valence-corrected chi connectivity index (χ4v) is 2.46. The summed E-state index contributed by atoms with van der Waals surface area (Å²) in [6.07, 6.45) is 2.09. The Bertz CT molecular complexity index is 959. The number of aryl methyl sites for hydroxylation is 1. The van der Waals surface area contributed by atoms with Gasteiger partial charge in [-0.2, -0.15) is 5.10 Å². The molecule has 2 aromatic carbocycles. The van der Waals surface area contributed by atoms with E-state index in [9.17, 15) is 14.4 Å². The highest BCUT2D eigenvalue weighted by Gasteiger charge is 2.12. The first-order valence-electron chi connectivity index (χ1n) is 9.72. The van der Waals surface area contributed by atoms with E-state index >= 15 is 0 Å². The van der Waals surface area contributed by atoms with Gasteiger partial charge in [-0.1, -0.05) is 25.1 Å². The minimum absolute atomic E-state index is 0.193. The van der Waals surface area contributed by atoms with Crippen molar-refractivity contribution in [3.05, 3.63) is 53.6 Å². The van der Waals surface area contributed by atoms with Crippen LogP contribution in [0.15, 0.2) is 47.6 Å². The predicted octanol–water partition coefficient (Wildman–Crippen LogP) is 2.00. The number of anilines is 1. The Labute approximate surface area is 180 Å². The maximum absolute atomic E-state index is 12.2. The van der Waals surface area contributed by atoms with Gasteiger partial charge in [-0.3, -0.25) is 14.4 Å². The Morgan fingerprint density at radius 1 is 1.06 bits per heavy atom. The fourth-order valence-electron chi connectivity index (χ4n) is 2.46. The molecule has 0 atom stereocenters. The van der Waals surface area contributed by atoms with Crippen LogP contribution in [0.3, 0.4) is 0 Å². The van der Waals surface area contributed by atoms with E-state index in [2.05, 4.69) is 21.2 Å². The molecule has 0 spiro atoms. The molecule has 0 aliphatic rings. The molecule has 0 radical (unpaired) electrons. The van der Waals surface area contributed by atoms with Crippen molar-refractivity contribution in [3.8, 4) is 11.5 Å². The number of amides is 3. The Hall–Kier alpha value is -3.88. The first kappa shape index (κ1) is 23.4. The van der Waals surface area contributed by atoms with Crippen molar-refractivity contribution in [3.63, 3.8) is 0 Å². The van der Waals surface area contributed by atoms with Crippen molar-refractivity contribution >= 4 is 29.6 Å². The first-order valence-corrected chi connectivity index (χ1v) is 9.72. The number of carbonyl (C=O) groups is 3. The van der Waals surface area contributed by atoms with E-state index in [1.165, 1.54) is 13.3 Å². The number of hydrogen-bond donors (Lipinski definition) is 3. The number of benzene rings is 2. The number of hydrogen-bond acceptors (Lipinski definition) is 6. The molecule has 0 saturated carbocycles. The van der Waals surface area contributed by atoms with E-state index in [4.69, 9.17) is 9.47 Å². The highest BCUT2D eigenvalue weighted by atomic mass is 16.5. The zero-order valence-electron chi connectivity index (χ0n) is 17.7. The molecule has 31 heavy (non-hydrogen) atoms. The van der Waals surface area contributed by atoms with Crippen LogP contribution in [0, 0.1) is 6.92 Å². The molecule has 2 rings (SSSR count). The van der Waals surface area contributed by atoms with Crippen LogP contribution in [-0.2, 0) is 14.4 Å². The summed E-state index contributed by atoms with van der Waals surface area (Å²) < 4.78 is 10.9. The van der Waals surface area contributed by atoms with Gasteiger partial charge in [0.15, 0.2) is 18.1 Å². The molecule has 0 aliphatic carbocycles. The molecule has 3 N–H and O–H groups in total. The highest BCUT2D eigenvalue weighted by Crippen LogP contribution is 2.27. The lowest BCUT2D eigenvalue weighted by atomic mass is 10.2. The Morgan fingerprint density at radius 2 is 1.84 bits per heavy atom. The average Bonchev–Trinajstić information content (AvgIpc) is 2.77. The van der Waals surface area contributed by atoms with E-state index in [1.807, 2.05) is 38.1 Å². The van der Waals surface area contributed by atoms with Gasteiger partial charge in [0.05, 0.1) is 13.3 Å². The molecule has 2 aromatic rings. The number of para-hydroxylation sites is 1. The third kappa shape index (κ3) is 7.46. The molecule has 3 amide bonds. The summed E-state index contributed by atoms with van der Waals surface area (Å²) in [7, 11) is 1.47. The highest BCUT2D eigenvalue weighted by molar-refractivity contribution is 6.35. The summed E-state index contributed by atoms with van der Waals surface area (Å²) in [5.41, 5.74) is 4.43. The molecule has 0 heterocycles. The molecule has 164 valence electrons. The second-order valence-corrected chi connectivity index (χ2v) is 6.52. The molecule has 0 aromatic heterocycles. The SMILES string of the molecule is CCCNC(=O)C(=O)N/N=C\c1ccc(OCC(=O)Nc2ccccc2C)c(OC)c1. The standard InChI is InChI=1S/C22H26N4O5/c1-4-11-23-21(28)22(29)26-24-13-16-9-10-18(19(12-16)30-3)31-14-20(27)25-17-8-6-5-7-15(17)2/h5-10,12-13H,4,11,14H2,1-3H3,(H,23,28)(H,25,27)(H,26,29)/b24-13-. The number of methoxy groups -OCH3 is 1. The van der Waals surface area contributed by atoms with Crippen molar-refractivity contribution in [1.82, 2.24) is 10.7 Å². The summed E-state index contributed by atoms with van der Waals surface area (Å²) in [5, 5.41) is 9.00. The van der Waals surface area contributed by atoms with E-state index in [0.717, 1.165) is 17.7 Å². The lowest BCUT2D eigenvalue weighted by molar-refractivity contribution is -0.139. The molecule has 0 aliphatic heterocycles. The monoisotopic (exact) mass is 426 g/mol. The van der Waals surface area contributed by atoms with Gasteiger partial charge in [0, 0.05) is 12.2 Å². The minimum atomic E-state index is -0.851. The number of nitrogens with zero attached hydrogens (tertiary/aromatic N) is 1. The lowest BCUT2D eigenvalue weighted by Crippen LogP contribution is -2.38. The van der Waals surface area contributed by atoms with Gasteiger partial charge in [0.2, 0.25) is 0 Å². The summed E-state index contributed by atoms with van der Waals surface area (Å²) in [6, 6.07) is 12.4. The molecular formula is C22H26N4O5. The zero-order valence-corrected chi connectivity index (χ0v) is 17.7. The third-order valence-corrected chi connectivity index (χ3v) is 4.09. The van der Waals surface area contributed by atoms with E-state index in [1.54, 1.807) is 18.2 Å². The van der Waals surface area contributed by atoms with Gasteiger partial charge < -0.3 is 20.1 Å². The van der Waals surface area contributed by atoms with Crippen molar-refractivity contribution in [2.24, 2.45) is 5.10 Å². The summed E-state index contributed by atoms with van der Waals surface area (Å²) >= 11 is 0. The van der Waals surface area contributed by atoms with E-state index in [0.29, 0.717) is 23.6 Å². The first-order chi connectivity index (χ1) is 14.9. The van der Waals surface area contributed by atoms with Crippen molar-refractivity contribution in [2.45, 2.75) is 20.3 Å². The van der Waals surface area contributed by atoms with Crippen LogP contribution in [0.5, 0.6) is 11.5 Å². The van der Waals surface area contributed by atoms with Crippen LogP contribution in [0.4, 0.5) is 5.69 Å². The maximum Gasteiger partial charge on any atom is 0.329 e. The van der Waals surface area contributed by atoms with Gasteiger partial charge in [0.25, 0.3) is 5.91 Å². The predicted molar refractivity (Wildman–Crippen MR) is 117 cm³/mol. The van der Waals surface area contributed by atoms with Crippen LogP contribution in [-0.4, -0.2) is 44.2 Å². The van der Waals surface area contributed by atoms with Gasteiger partial charge in [0.1, 0.15) is 0 Å². The van der Waals surface area contributed by atoms with Crippen molar-refractivity contribution in [1.29, 1.82) is 0 Å². The van der Waals surface area contributed by atoms with Gasteiger partial charge >= 0.3 is 11.8 Å². The maximum atomic E-state index is 12.2. The number of carbonyl (C=O) groups excluding carboxylic acids is 3. The van der Waals surface area contributed by atoms with Crippen LogP contribution in [0.1, 0.15) is 24.5 Å². The topological polar surface area (TPSA) is 118 Å². The fraction of sp³-hybridized carbons (Fsp3) is 0.273. The molecule has 0 bridgehead atoms. The van der Waals surface area contributed by atoms with Crippen LogP contribution in [0.25, 0.3) is 0 Å². The van der Waals surface area contributed by atoms with Gasteiger partial charge in [-0.05, 0) is 48.7 Å². The Kier molecular flexibility index (Phi) is 9.03. The zero-order chi connectivity index (χ0) is 22.6. The van der Waals surface area contributed by atoms with Crippen molar-refractivity contribution in [2.75, 3.05) is 25.6 Å². The van der Waals surface area contributed by atoms with Crippen LogP contribution < -0.4 is 25.5 Å². The van der Waals surface area contributed by atoms with Crippen LogP contribution in [0.2, 0.25) is 0 Å². The Balaban J connectivity index is 1.92. The van der Waals surface area contributed by atoms with Crippen LogP contribution >= 0.6 is 0 Å². The second-order valence-electron chi connectivity index (χ2n) is 6.52. The summed E-state index contributed by atoms with van der Waals surface area (Å²) in [5.74, 6) is -1.13. The largest absolute Gasteiger partial charge is 0.493 e. The number of ether oxygens (including phenoxy) is 2. The van der Waals surface area contributed by atoms with Gasteiger partial charge in [-0.15, -0.1) is 0 Å². The number of hydrazone groups is 1. The van der Waals surface area contributed by atoms with Gasteiger partial charge in [-0.25, -0.2) is 5.43 Å². The number of rotatable bonds is 9. The lowest BCUT2D eigenvalue weighted by Gasteiger charge is -2.12. The molecule has 0 unspecified atom stereocenters. The molecule has 0 fully saturated rings. The molecule has 0 saturated heterocycles. The molecule has 9 heteroatoms. The Morgan fingerprint density at radius 3 is 2.55 bits per heavy atom. The average molecular weight is 426 g/mol. The number of nitrogens with one attached hydrogen (secondary N) is 3. The van der Waals surface area contributed by atoms with E-state index < -0.39 is 11.8 Å². The quantitative estimate of drug-likeness (QED) is 0.322. The van der Waals surface area contributed by atoms with E-state index in [-0.39, 0.29) is 12.5 Å². The second kappa shape index (κ2) is 12.0. The molecule has 9 nitrogen and oxygen atoms in total. The molecular weight excluding hydrogens is 400 g/mol. The smallest absolute Gasteiger partial charge is 0.329 e.